The summed E-state index contributed by atoms with van der Waals surface area (Å²) in [5.74, 6) is 1.59. The second kappa shape index (κ2) is 13.8. The van der Waals surface area contributed by atoms with Crippen molar-refractivity contribution >= 4 is 52.6 Å². The molecule has 1 aromatic carbocycles. The van der Waals surface area contributed by atoms with Crippen LogP contribution in [0.3, 0.4) is 0 Å². The summed E-state index contributed by atoms with van der Waals surface area (Å²) >= 11 is 12.8. The molecule has 3 fully saturated rings. The van der Waals surface area contributed by atoms with Crippen LogP contribution in [0.4, 0.5) is 0 Å². The van der Waals surface area contributed by atoms with Gasteiger partial charge in [-0.2, -0.15) is 0 Å². The third kappa shape index (κ3) is 6.93. The Morgan fingerprint density at radius 1 is 0.867 bits per heavy atom. The number of esters is 1. The molecule has 6 rings (SSSR count). The third-order valence-corrected chi connectivity index (χ3v) is 10.9. The van der Waals surface area contributed by atoms with E-state index >= 15 is 0 Å². The van der Waals surface area contributed by atoms with Crippen molar-refractivity contribution in [2.75, 3.05) is 46.4 Å². The molecule has 3 saturated heterocycles. The first kappa shape index (κ1) is 32.0. The van der Waals surface area contributed by atoms with Crippen LogP contribution in [0.5, 0.6) is 0 Å². The third-order valence-electron chi connectivity index (χ3n) is 10.5. The Bertz CT molecular complexity index is 1470. The number of carbonyl (C=O) groups is 3. The standard InChI is InChI=1S/C35H42Cl2N4O4/c1-22(42)39-11-5-23(6-12-39)17-32(43)40-13-7-24(8-14-40)25-9-15-41(16-10-25)34-29-4-3-27(36)18-26(29)19-31(35(44)45-2)30-20-28(37)21-38-33(30)34/h3-4,18-21,23-25,34H,5-17H2,1-2H3. The fourth-order valence-corrected chi connectivity index (χ4v) is 8.27. The highest BCUT2D eigenvalue weighted by molar-refractivity contribution is 6.32. The van der Waals surface area contributed by atoms with Crippen LogP contribution < -0.4 is 0 Å². The molecular weight excluding hydrogens is 611 g/mol. The van der Waals surface area contributed by atoms with Crippen molar-refractivity contribution in [3.63, 3.8) is 0 Å². The second-order valence-corrected chi connectivity index (χ2v) is 13.9. The average molecular weight is 654 g/mol. The molecule has 0 radical (unpaired) electrons. The van der Waals surface area contributed by atoms with Crippen molar-refractivity contribution in [1.29, 1.82) is 0 Å². The predicted octanol–water partition coefficient (Wildman–Crippen LogP) is 6.10. The van der Waals surface area contributed by atoms with Gasteiger partial charge in [-0.1, -0.05) is 29.3 Å². The largest absolute Gasteiger partial charge is 0.465 e. The molecule has 0 N–H and O–H groups in total. The number of aromatic nitrogens is 1. The number of carbonyl (C=O) groups excluding carboxylic acids is 3. The Morgan fingerprint density at radius 2 is 1.51 bits per heavy atom. The summed E-state index contributed by atoms with van der Waals surface area (Å²) in [7, 11) is 1.38. The second-order valence-electron chi connectivity index (χ2n) is 13.1. The van der Waals surface area contributed by atoms with Gasteiger partial charge in [-0.15, -0.1) is 0 Å². The number of hydrogen-bond acceptors (Lipinski definition) is 6. The Hall–Kier alpha value is -2.94. The highest BCUT2D eigenvalue weighted by atomic mass is 35.5. The smallest absolute Gasteiger partial charge is 0.338 e. The van der Waals surface area contributed by atoms with Gasteiger partial charge in [0.1, 0.15) is 0 Å². The van der Waals surface area contributed by atoms with Crippen molar-refractivity contribution in [2.45, 2.75) is 57.9 Å². The van der Waals surface area contributed by atoms with Crippen LogP contribution in [0.25, 0.3) is 11.6 Å². The zero-order valence-electron chi connectivity index (χ0n) is 26.1. The molecule has 0 spiro atoms. The first-order valence-electron chi connectivity index (χ1n) is 16.2. The summed E-state index contributed by atoms with van der Waals surface area (Å²) in [5.41, 5.74) is 3.85. The average Bonchev–Trinajstić information content (AvgIpc) is 3.18. The van der Waals surface area contributed by atoms with Gasteiger partial charge in [0.25, 0.3) is 0 Å². The molecule has 1 unspecified atom stereocenters. The number of fused-ring (bicyclic) bond motifs is 2. The lowest BCUT2D eigenvalue weighted by atomic mass is 9.78. The number of piperidine rings is 3. The first-order valence-corrected chi connectivity index (χ1v) is 17.0. The first-order chi connectivity index (χ1) is 21.7. The van der Waals surface area contributed by atoms with Crippen molar-refractivity contribution in [1.82, 2.24) is 19.7 Å². The van der Waals surface area contributed by atoms with Gasteiger partial charge in [0.15, 0.2) is 0 Å². The summed E-state index contributed by atoms with van der Waals surface area (Å²) in [6, 6.07) is 7.51. The van der Waals surface area contributed by atoms with Crippen LogP contribution in [0, 0.1) is 17.8 Å². The van der Waals surface area contributed by atoms with Gasteiger partial charge in [-0.3, -0.25) is 19.5 Å². The highest BCUT2D eigenvalue weighted by Gasteiger charge is 2.37. The Balaban J connectivity index is 1.10. The molecule has 4 aliphatic rings. The molecule has 3 aliphatic heterocycles. The molecule has 0 bridgehead atoms. The zero-order valence-corrected chi connectivity index (χ0v) is 27.7. The molecule has 1 aliphatic carbocycles. The van der Waals surface area contributed by atoms with Crippen LogP contribution in [0.15, 0.2) is 30.5 Å². The summed E-state index contributed by atoms with van der Waals surface area (Å²) in [5, 5.41) is 1.07. The summed E-state index contributed by atoms with van der Waals surface area (Å²) in [6.45, 7) is 6.66. The minimum atomic E-state index is -0.436. The van der Waals surface area contributed by atoms with Crippen LogP contribution in [-0.2, 0) is 19.1 Å². The van der Waals surface area contributed by atoms with Crippen LogP contribution in [-0.4, -0.2) is 83.8 Å². The quantitative estimate of drug-likeness (QED) is 0.363. The fourth-order valence-electron chi connectivity index (χ4n) is 7.93. The van der Waals surface area contributed by atoms with E-state index in [1.165, 1.54) is 7.11 Å². The van der Waals surface area contributed by atoms with E-state index < -0.39 is 5.97 Å². The van der Waals surface area contributed by atoms with Crippen molar-refractivity contribution in [3.05, 3.63) is 62.9 Å². The van der Waals surface area contributed by atoms with E-state index in [0.717, 1.165) is 94.6 Å². The molecule has 4 heterocycles. The van der Waals surface area contributed by atoms with Crippen molar-refractivity contribution < 1.29 is 19.1 Å². The van der Waals surface area contributed by atoms with Gasteiger partial charge in [0.05, 0.1) is 29.4 Å². The molecule has 10 heteroatoms. The topological polar surface area (TPSA) is 83.0 Å². The summed E-state index contributed by atoms with van der Waals surface area (Å²) < 4.78 is 5.16. The summed E-state index contributed by atoms with van der Waals surface area (Å²) in [6.07, 6.45) is 10.2. The normalized spacial score (nSPS) is 21.9. The highest BCUT2D eigenvalue weighted by Crippen LogP contribution is 2.43. The van der Waals surface area contributed by atoms with Crippen LogP contribution in [0.2, 0.25) is 10.0 Å². The number of ether oxygens (including phenoxy) is 1. The Morgan fingerprint density at radius 3 is 2.16 bits per heavy atom. The van der Waals surface area contributed by atoms with E-state index in [-0.39, 0.29) is 17.9 Å². The van der Waals surface area contributed by atoms with Crippen molar-refractivity contribution in [3.8, 4) is 0 Å². The SMILES string of the molecule is COC(=O)C1=Cc2cc(Cl)ccc2C(N2CCC(C3CCN(C(=O)CC4CCN(C(C)=O)CC4)CC3)CC2)c2ncc(Cl)cc21. The fraction of sp³-hybridized carbons (Fsp3) is 0.543. The number of rotatable bonds is 5. The number of pyridine rings is 1. The van der Waals surface area contributed by atoms with E-state index in [2.05, 4.69) is 9.80 Å². The minimum Gasteiger partial charge on any atom is -0.465 e. The molecule has 2 aromatic rings. The van der Waals surface area contributed by atoms with Crippen LogP contribution >= 0.6 is 23.2 Å². The maximum Gasteiger partial charge on any atom is 0.338 e. The summed E-state index contributed by atoms with van der Waals surface area (Å²) in [4.78, 5) is 48.9. The van der Waals surface area contributed by atoms with Gasteiger partial charge >= 0.3 is 5.97 Å². The molecule has 45 heavy (non-hydrogen) atoms. The number of halogens is 2. The Labute approximate surface area is 275 Å². The lowest BCUT2D eigenvalue weighted by Gasteiger charge is -2.43. The molecule has 1 aromatic heterocycles. The van der Waals surface area contributed by atoms with Gasteiger partial charge in [-0.25, -0.2) is 4.79 Å². The zero-order chi connectivity index (χ0) is 31.7. The Kier molecular flexibility index (Phi) is 9.83. The maximum absolute atomic E-state index is 13.1. The van der Waals surface area contributed by atoms with Gasteiger partial charge in [0.2, 0.25) is 11.8 Å². The number of benzene rings is 1. The van der Waals surface area contributed by atoms with Crippen LogP contribution in [0.1, 0.15) is 80.3 Å². The molecule has 0 saturated carbocycles. The molecule has 240 valence electrons. The number of hydrogen-bond donors (Lipinski definition) is 0. The number of likely N-dealkylation sites (tertiary alicyclic amines) is 3. The van der Waals surface area contributed by atoms with E-state index in [4.69, 9.17) is 32.9 Å². The van der Waals surface area contributed by atoms with E-state index in [1.807, 2.05) is 35.2 Å². The molecule has 1 atom stereocenters. The molecule has 2 amide bonds. The van der Waals surface area contributed by atoms with Crippen molar-refractivity contribution in [2.24, 2.45) is 17.8 Å². The lowest BCUT2D eigenvalue weighted by Crippen LogP contribution is -2.44. The monoisotopic (exact) mass is 652 g/mol. The van der Waals surface area contributed by atoms with E-state index in [9.17, 15) is 14.4 Å². The number of methoxy groups -OCH3 is 1. The van der Waals surface area contributed by atoms with E-state index in [1.54, 1.807) is 13.1 Å². The number of nitrogens with zero attached hydrogens (tertiary/aromatic N) is 4. The molecule has 8 nitrogen and oxygen atoms in total. The van der Waals surface area contributed by atoms with Gasteiger partial charge in [0, 0.05) is 56.3 Å². The van der Waals surface area contributed by atoms with Gasteiger partial charge < -0.3 is 14.5 Å². The molecular formula is C35H42Cl2N4O4. The lowest BCUT2D eigenvalue weighted by molar-refractivity contribution is -0.135. The van der Waals surface area contributed by atoms with E-state index in [0.29, 0.717) is 45.4 Å². The number of amides is 2. The minimum absolute atomic E-state index is 0.132. The maximum atomic E-state index is 13.1. The predicted molar refractivity (Wildman–Crippen MR) is 176 cm³/mol. The van der Waals surface area contributed by atoms with Gasteiger partial charge in [-0.05, 0) is 105 Å².